The van der Waals surface area contributed by atoms with Crippen molar-refractivity contribution in [3.8, 4) is 0 Å². The molecule has 1 N–H and O–H groups in total. The van der Waals surface area contributed by atoms with Gasteiger partial charge in [0.2, 0.25) is 0 Å². The van der Waals surface area contributed by atoms with Crippen LogP contribution in [-0.2, 0) is 10.9 Å². The lowest BCUT2D eigenvalue weighted by atomic mass is 10.1. The number of hydrazine groups is 1. The average molecular weight is 292 g/mol. The van der Waals surface area contributed by atoms with Crippen LogP contribution in [0.25, 0.3) is 0 Å². The van der Waals surface area contributed by atoms with E-state index < -0.39 is 23.5 Å². The Morgan fingerprint density at radius 1 is 1.25 bits per heavy atom. The predicted molar refractivity (Wildman–Crippen MR) is 61.3 cm³/mol. The number of nitrogens with zero attached hydrogens (tertiary/aromatic N) is 1. The van der Waals surface area contributed by atoms with Crippen molar-refractivity contribution in [2.45, 2.75) is 6.18 Å². The molecule has 8 heteroatoms. The van der Waals surface area contributed by atoms with Gasteiger partial charge in [0.15, 0.2) is 0 Å². The SMILES string of the molecule is O=C(NN1CCOCC1)c1ccc(F)c(C(F)(F)F)c1. The average Bonchev–Trinajstić information content (AvgIpc) is 2.39. The molecule has 1 aliphatic rings. The fourth-order valence-corrected chi connectivity index (χ4v) is 1.77. The standard InChI is InChI=1S/C12H12F4N2O2/c13-10-2-1-8(7-9(10)12(14,15)16)11(19)17-18-3-5-20-6-4-18/h1-2,7H,3-6H2,(H,17,19). The number of carbonyl (C=O) groups is 1. The first-order valence-corrected chi connectivity index (χ1v) is 5.88. The minimum Gasteiger partial charge on any atom is -0.379 e. The highest BCUT2D eigenvalue weighted by Gasteiger charge is 2.34. The smallest absolute Gasteiger partial charge is 0.379 e. The van der Waals surface area contributed by atoms with Gasteiger partial charge in [0.25, 0.3) is 5.91 Å². The van der Waals surface area contributed by atoms with Gasteiger partial charge in [0.1, 0.15) is 5.82 Å². The topological polar surface area (TPSA) is 41.6 Å². The van der Waals surface area contributed by atoms with Gasteiger partial charge >= 0.3 is 6.18 Å². The van der Waals surface area contributed by atoms with Crippen molar-refractivity contribution < 1.29 is 27.1 Å². The van der Waals surface area contributed by atoms with Gasteiger partial charge in [-0.05, 0) is 18.2 Å². The van der Waals surface area contributed by atoms with E-state index >= 15 is 0 Å². The molecule has 1 amide bonds. The molecule has 0 spiro atoms. The highest BCUT2D eigenvalue weighted by molar-refractivity contribution is 5.94. The van der Waals surface area contributed by atoms with Gasteiger partial charge in [-0.25, -0.2) is 9.40 Å². The maximum atomic E-state index is 13.1. The maximum Gasteiger partial charge on any atom is 0.419 e. The second kappa shape index (κ2) is 5.76. The molecule has 1 aliphatic heterocycles. The fraction of sp³-hybridized carbons (Fsp3) is 0.417. The zero-order chi connectivity index (χ0) is 14.8. The van der Waals surface area contributed by atoms with Gasteiger partial charge in [-0.3, -0.25) is 10.2 Å². The second-order valence-electron chi connectivity index (χ2n) is 4.23. The summed E-state index contributed by atoms with van der Waals surface area (Å²) in [5, 5.41) is 1.54. The van der Waals surface area contributed by atoms with Gasteiger partial charge in [0, 0.05) is 18.7 Å². The van der Waals surface area contributed by atoms with Crippen LogP contribution in [0, 0.1) is 5.82 Å². The Kier molecular flexibility index (Phi) is 4.24. The van der Waals surface area contributed by atoms with Crippen LogP contribution < -0.4 is 5.43 Å². The van der Waals surface area contributed by atoms with Crippen molar-refractivity contribution in [1.29, 1.82) is 0 Å². The van der Waals surface area contributed by atoms with Gasteiger partial charge in [-0.15, -0.1) is 0 Å². The summed E-state index contributed by atoms with van der Waals surface area (Å²) in [7, 11) is 0. The number of halogens is 4. The maximum absolute atomic E-state index is 13.1. The molecule has 2 rings (SSSR count). The normalized spacial score (nSPS) is 17.0. The molecular weight excluding hydrogens is 280 g/mol. The Morgan fingerprint density at radius 3 is 2.50 bits per heavy atom. The number of nitrogens with one attached hydrogen (secondary N) is 1. The molecule has 0 saturated carbocycles. The molecule has 1 fully saturated rings. The number of carbonyl (C=O) groups excluding carboxylic acids is 1. The van der Waals surface area contributed by atoms with E-state index in [0.717, 1.165) is 6.07 Å². The number of alkyl halides is 3. The van der Waals surface area contributed by atoms with Crippen LogP contribution in [0.15, 0.2) is 18.2 Å². The quantitative estimate of drug-likeness (QED) is 0.845. The predicted octanol–water partition coefficient (Wildman–Crippen LogP) is 1.82. The Balaban J connectivity index is 2.13. The summed E-state index contributed by atoms with van der Waals surface area (Å²) < 4.78 is 55.8. The number of amides is 1. The summed E-state index contributed by atoms with van der Waals surface area (Å²) in [6.45, 7) is 1.74. The van der Waals surface area contributed by atoms with Gasteiger partial charge in [0.05, 0.1) is 18.8 Å². The lowest BCUT2D eigenvalue weighted by molar-refractivity contribution is -0.140. The zero-order valence-electron chi connectivity index (χ0n) is 10.3. The summed E-state index contributed by atoms with van der Waals surface area (Å²) in [5.74, 6) is -2.11. The third kappa shape index (κ3) is 3.45. The van der Waals surface area contributed by atoms with E-state index in [1.54, 1.807) is 5.01 Å². The van der Waals surface area contributed by atoms with Gasteiger partial charge in [-0.1, -0.05) is 0 Å². The Morgan fingerprint density at radius 2 is 1.90 bits per heavy atom. The van der Waals surface area contributed by atoms with Crippen LogP contribution in [0.2, 0.25) is 0 Å². The van der Waals surface area contributed by atoms with Crippen molar-refractivity contribution >= 4 is 5.91 Å². The third-order valence-electron chi connectivity index (χ3n) is 2.80. The Hall–Kier alpha value is -1.67. The lowest BCUT2D eigenvalue weighted by Gasteiger charge is -2.27. The van der Waals surface area contributed by atoms with E-state index in [-0.39, 0.29) is 5.56 Å². The van der Waals surface area contributed by atoms with E-state index in [2.05, 4.69) is 5.43 Å². The minimum absolute atomic E-state index is 0.245. The van der Waals surface area contributed by atoms with Crippen molar-refractivity contribution in [2.24, 2.45) is 0 Å². The van der Waals surface area contributed by atoms with Crippen molar-refractivity contribution in [1.82, 2.24) is 10.4 Å². The van der Waals surface area contributed by atoms with Crippen LogP contribution in [0.4, 0.5) is 17.6 Å². The van der Waals surface area contributed by atoms with Crippen molar-refractivity contribution in [2.75, 3.05) is 26.3 Å². The fourth-order valence-electron chi connectivity index (χ4n) is 1.77. The van der Waals surface area contributed by atoms with Crippen LogP contribution in [-0.4, -0.2) is 37.2 Å². The summed E-state index contributed by atoms with van der Waals surface area (Å²) in [6, 6.07) is 2.16. The molecule has 20 heavy (non-hydrogen) atoms. The molecule has 0 radical (unpaired) electrons. The van der Waals surface area contributed by atoms with E-state index in [9.17, 15) is 22.4 Å². The zero-order valence-corrected chi connectivity index (χ0v) is 10.3. The molecule has 0 atom stereocenters. The Bertz CT molecular complexity index is 499. The highest BCUT2D eigenvalue weighted by atomic mass is 19.4. The molecule has 0 bridgehead atoms. The molecule has 1 saturated heterocycles. The molecule has 0 unspecified atom stereocenters. The molecular formula is C12H12F4N2O2. The number of morpholine rings is 1. The number of ether oxygens (including phenoxy) is 1. The Labute approximate surface area is 112 Å². The molecule has 1 aromatic carbocycles. The molecule has 0 aromatic heterocycles. The van der Waals surface area contributed by atoms with Crippen LogP contribution in [0.1, 0.15) is 15.9 Å². The number of hydrogen-bond donors (Lipinski definition) is 1. The molecule has 4 nitrogen and oxygen atoms in total. The summed E-state index contributed by atoms with van der Waals surface area (Å²) in [6.07, 6.45) is -4.83. The molecule has 1 heterocycles. The van der Waals surface area contributed by atoms with Crippen LogP contribution in [0.3, 0.4) is 0 Å². The first-order valence-electron chi connectivity index (χ1n) is 5.88. The first kappa shape index (κ1) is 14.7. The van der Waals surface area contributed by atoms with E-state index in [4.69, 9.17) is 4.74 Å². The molecule has 1 aromatic rings. The largest absolute Gasteiger partial charge is 0.419 e. The van der Waals surface area contributed by atoms with Gasteiger partial charge in [-0.2, -0.15) is 13.2 Å². The lowest BCUT2D eigenvalue weighted by Crippen LogP contribution is -2.48. The number of rotatable bonds is 2. The highest BCUT2D eigenvalue weighted by Crippen LogP contribution is 2.31. The number of benzene rings is 1. The summed E-state index contributed by atoms with van der Waals surface area (Å²) in [4.78, 5) is 11.8. The third-order valence-corrected chi connectivity index (χ3v) is 2.80. The monoisotopic (exact) mass is 292 g/mol. The minimum atomic E-state index is -4.83. The first-order chi connectivity index (χ1) is 9.38. The number of hydrogen-bond acceptors (Lipinski definition) is 3. The van der Waals surface area contributed by atoms with E-state index in [0.29, 0.717) is 38.4 Å². The van der Waals surface area contributed by atoms with E-state index in [1.165, 1.54) is 0 Å². The molecule has 110 valence electrons. The summed E-state index contributed by atoms with van der Waals surface area (Å²) in [5.41, 5.74) is 0.761. The van der Waals surface area contributed by atoms with Gasteiger partial charge < -0.3 is 4.74 Å². The van der Waals surface area contributed by atoms with Crippen LogP contribution >= 0.6 is 0 Å². The molecule has 0 aliphatic carbocycles. The van der Waals surface area contributed by atoms with Crippen LogP contribution in [0.5, 0.6) is 0 Å². The van der Waals surface area contributed by atoms with E-state index in [1.807, 2.05) is 0 Å². The van der Waals surface area contributed by atoms with Crippen molar-refractivity contribution in [3.05, 3.63) is 35.1 Å². The van der Waals surface area contributed by atoms with Crippen molar-refractivity contribution in [3.63, 3.8) is 0 Å². The second-order valence-corrected chi connectivity index (χ2v) is 4.23. The summed E-state index contributed by atoms with van der Waals surface area (Å²) >= 11 is 0.